The van der Waals surface area contributed by atoms with E-state index in [1.807, 2.05) is 17.9 Å². The van der Waals surface area contributed by atoms with Crippen LogP contribution in [0.25, 0.3) is 0 Å². The molecular weight excluding hydrogens is 238 g/mol. The van der Waals surface area contributed by atoms with Gasteiger partial charge in [0, 0.05) is 7.05 Å². The summed E-state index contributed by atoms with van der Waals surface area (Å²) in [7, 11) is 3.74. The van der Waals surface area contributed by atoms with Gasteiger partial charge in [-0.15, -0.1) is 0 Å². The number of rotatable bonds is 6. The van der Waals surface area contributed by atoms with Crippen LogP contribution in [-0.4, -0.2) is 23.4 Å². The van der Waals surface area contributed by atoms with Gasteiger partial charge in [-0.25, -0.2) is 0 Å². The van der Waals surface area contributed by atoms with Crippen LogP contribution in [0.3, 0.4) is 0 Å². The Morgan fingerprint density at radius 1 is 1.47 bits per heavy atom. The molecule has 4 heteroatoms. The Labute approximate surface area is 116 Å². The maximum atomic E-state index is 5.51. The summed E-state index contributed by atoms with van der Waals surface area (Å²) in [5.41, 5.74) is 1.51. The molecule has 1 unspecified atom stereocenters. The maximum absolute atomic E-state index is 5.51. The van der Waals surface area contributed by atoms with Gasteiger partial charge in [0.25, 0.3) is 0 Å². The number of ether oxygens (including phenoxy) is 1. The molecule has 19 heavy (non-hydrogen) atoms. The van der Waals surface area contributed by atoms with Crippen molar-refractivity contribution < 1.29 is 4.74 Å². The van der Waals surface area contributed by atoms with Crippen molar-refractivity contribution in [3.8, 4) is 5.75 Å². The summed E-state index contributed by atoms with van der Waals surface area (Å²) in [6.45, 7) is 5.65. The largest absolute Gasteiger partial charge is 0.493 e. The topological polar surface area (TPSA) is 39.1 Å². The summed E-state index contributed by atoms with van der Waals surface area (Å²) < 4.78 is 7.48. The van der Waals surface area contributed by atoms with E-state index in [1.165, 1.54) is 31.4 Å². The molecule has 1 fully saturated rings. The van der Waals surface area contributed by atoms with Crippen LogP contribution in [-0.2, 0) is 7.05 Å². The third-order valence-corrected chi connectivity index (χ3v) is 4.48. The van der Waals surface area contributed by atoms with E-state index in [0.717, 1.165) is 18.7 Å². The monoisotopic (exact) mass is 265 g/mol. The molecule has 0 spiro atoms. The zero-order valence-corrected chi connectivity index (χ0v) is 12.7. The van der Waals surface area contributed by atoms with E-state index in [9.17, 15) is 0 Å². The minimum Gasteiger partial charge on any atom is -0.493 e. The smallest absolute Gasteiger partial charge is 0.161 e. The van der Waals surface area contributed by atoms with Crippen molar-refractivity contribution >= 4 is 0 Å². The van der Waals surface area contributed by atoms with Gasteiger partial charge in [0.05, 0.1) is 25.0 Å². The molecule has 1 aromatic rings. The molecule has 0 saturated heterocycles. The summed E-state index contributed by atoms with van der Waals surface area (Å²) in [6.07, 6.45) is 8.20. The molecule has 0 aromatic carbocycles. The number of aryl methyl sites for hydroxylation is 1. The predicted octanol–water partition coefficient (Wildman–Crippen LogP) is 3.05. The standard InChI is InChI=1S/C15H27N3O/c1-5-10-16-14(15(2)8-6-7-9-15)13-12(19-4)11-17-18(13)3/h11,14,16H,5-10H2,1-4H3. The second-order valence-electron chi connectivity index (χ2n) is 5.97. The van der Waals surface area contributed by atoms with Gasteiger partial charge >= 0.3 is 0 Å². The normalized spacial score (nSPS) is 19.6. The van der Waals surface area contributed by atoms with Crippen LogP contribution < -0.4 is 10.1 Å². The van der Waals surface area contributed by atoms with Crippen molar-refractivity contribution in [2.45, 2.75) is 52.0 Å². The fourth-order valence-electron chi connectivity index (χ4n) is 3.35. The van der Waals surface area contributed by atoms with Gasteiger partial charge in [0.2, 0.25) is 0 Å². The first-order valence-electron chi connectivity index (χ1n) is 7.41. The maximum Gasteiger partial charge on any atom is 0.161 e. The zero-order chi connectivity index (χ0) is 13.9. The highest BCUT2D eigenvalue weighted by Gasteiger charge is 2.40. The lowest BCUT2D eigenvalue weighted by atomic mass is 9.78. The molecular formula is C15H27N3O. The van der Waals surface area contributed by atoms with Crippen molar-refractivity contribution in [1.82, 2.24) is 15.1 Å². The highest BCUT2D eigenvalue weighted by atomic mass is 16.5. The molecule has 0 aliphatic heterocycles. The molecule has 1 aromatic heterocycles. The van der Waals surface area contributed by atoms with E-state index >= 15 is 0 Å². The molecule has 1 atom stereocenters. The molecule has 0 amide bonds. The minimum absolute atomic E-state index is 0.316. The molecule has 4 nitrogen and oxygen atoms in total. The van der Waals surface area contributed by atoms with Gasteiger partial charge < -0.3 is 10.1 Å². The average Bonchev–Trinajstić information content (AvgIpc) is 2.98. The van der Waals surface area contributed by atoms with E-state index in [4.69, 9.17) is 4.74 Å². The van der Waals surface area contributed by atoms with E-state index in [2.05, 4.69) is 24.3 Å². The first kappa shape index (κ1) is 14.4. The first-order chi connectivity index (χ1) is 9.12. The van der Waals surface area contributed by atoms with E-state index in [1.54, 1.807) is 7.11 Å². The summed E-state index contributed by atoms with van der Waals surface area (Å²) in [4.78, 5) is 0. The van der Waals surface area contributed by atoms with E-state index in [0.29, 0.717) is 11.5 Å². The number of nitrogens with one attached hydrogen (secondary N) is 1. The summed E-state index contributed by atoms with van der Waals surface area (Å²) in [5.74, 6) is 0.907. The fourth-order valence-corrected chi connectivity index (χ4v) is 3.35. The molecule has 108 valence electrons. The Morgan fingerprint density at radius 2 is 2.16 bits per heavy atom. The third kappa shape index (κ3) is 2.78. The van der Waals surface area contributed by atoms with Crippen molar-refractivity contribution in [2.75, 3.05) is 13.7 Å². The molecule has 1 aliphatic carbocycles. The lowest BCUT2D eigenvalue weighted by Gasteiger charge is -2.35. The molecule has 1 aliphatic rings. The van der Waals surface area contributed by atoms with Crippen molar-refractivity contribution in [1.29, 1.82) is 0 Å². The van der Waals surface area contributed by atoms with Crippen LogP contribution in [0.1, 0.15) is 57.7 Å². The quantitative estimate of drug-likeness (QED) is 0.859. The SMILES string of the molecule is CCCNC(c1c(OC)cnn1C)C1(C)CCCC1. The Morgan fingerprint density at radius 3 is 2.74 bits per heavy atom. The van der Waals surface area contributed by atoms with Crippen LogP contribution >= 0.6 is 0 Å². The Hall–Kier alpha value is -1.03. The molecule has 0 bridgehead atoms. The van der Waals surface area contributed by atoms with Crippen LogP contribution in [0.2, 0.25) is 0 Å². The lowest BCUT2D eigenvalue weighted by molar-refractivity contribution is 0.210. The van der Waals surface area contributed by atoms with Crippen LogP contribution in [0.5, 0.6) is 5.75 Å². The Balaban J connectivity index is 2.33. The molecule has 2 rings (SSSR count). The summed E-state index contributed by atoms with van der Waals surface area (Å²) in [5, 5.41) is 8.10. The fraction of sp³-hybridized carbons (Fsp3) is 0.800. The minimum atomic E-state index is 0.316. The van der Waals surface area contributed by atoms with Gasteiger partial charge in [0.15, 0.2) is 5.75 Å². The highest BCUT2D eigenvalue weighted by Crippen LogP contribution is 2.48. The second-order valence-corrected chi connectivity index (χ2v) is 5.97. The summed E-state index contributed by atoms with van der Waals surface area (Å²) >= 11 is 0. The molecule has 0 radical (unpaired) electrons. The zero-order valence-electron chi connectivity index (χ0n) is 12.7. The average molecular weight is 265 g/mol. The third-order valence-electron chi connectivity index (χ3n) is 4.48. The van der Waals surface area contributed by atoms with Gasteiger partial charge in [-0.1, -0.05) is 26.7 Å². The molecule has 1 N–H and O–H groups in total. The highest BCUT2D eigenvalue weighted by molar-refractivity contribution is 5.30. The van der Waals surface area contributed by atoms with Crippen molar-refractivity contribution in [2.24, 2.45) is 12.5 Å². The number of hydrogen-bond donors (Lipinski definition) is 1. The van der Waals surface area contributed by atoms with Crippen molar-refractivity contribution in [3.63, 3.8) is 0 Å². The lowest BCUT2D eigenvalue weighted by Crippen LogP contribution is -2.36. The van der Waals surface area contributed by atoms with Crippen LogP contribution in [0, 0.1) is 5.41 Å². The van der Waals surface area contributed by atoms with Gasteiger partial charge in [-0.05, 0) is 31.2 Å². The molecule has 1 saturated carbocycles. The Kier molecular flexibility index (Phi) is 4.50. The number of methoxy groups -OCH3 is 1. The summed E-state index contributed by atoms with van der Waals surface area (Å²) in [6, 6.07) is 0.331. The van der Waals surface area contributed by atoms with E-state index < -0.39 is 0 Å². The number of hydrogen-bond acceptors (Lipinski definition) is 3. The van der Waals surface area contributed by atoms with Crippen molar-refractivity contribution in [3.05, 3.63) is 11.9 Å². The van der Waals surface area contributed by atoms with E-state index in [-0.39, 0.29) is 0 Å². The number of aromatic nitrogens is 2. The Bertz CT molecular complexity index is 408. The predicted molar refractivity (Wildman–Crippen MR) is 77.4 cm³/mol. The van der Waals surface area contributed by atoms with Gasteiger partial charge in [-0.3, -0.25) is 4.68 Å². The van der Waals surface area contributed by atoms with Crippen LogP contribution in [0.4, 0.5) is 0 Å². The van der Waals surface area contributed by atoms with Crippen LogP contribution in [0.15, 0.2) is 6.20 Å². The second kappa shape index (κ2) is 5.95. The van der Waals surface area contributed by atoms with Gasteiger partial charge in [0.1, 0.15) is 0 Å². The molecule has 1 heterocycles. The number of nitrogens with zero attached hydrogens (tertiary/aromatic N) is 2. The first-order valence-corrected chi connectivity index (χ1v) is 7.41. The van der Waals surface area contributed by atoms with Gasteiger partial charge in [-0.2, -0.15) is 5.10 Å².